The van der Waals surface area contributed by atoms with Crippen LogP contribution in [0.5, 0.6) is 5.75 Å². The summed E-state index contributed by atoms with van der Waals surface area (Å²) in [6, 6.07) is 10.0. The number of likely N-dealkylation sites (N-methyl/N-ethyl adjacent to an activating group) is 1. The van der Waals surface area contributed by atoms with Gasteiger partial charge in [-0.2, -0.15) is 0 Å². The first kappa shape index (κ1) is 24.7. The zero-order valence-corrected chi connectivity index (χ0v) is 21.3. The maximum absolute atomic E-state index is 9.14. The molecule has 0 radical (unpaired) electrons. The van der Waals surface area contributed by atoms with Crippen molar-refractivity contribution in [2.24, 2.45) is 4.99 Å². The molecular weight excluding hydrogens is 470 g/mol. The average molecular weight is 502 g/mol. The molecule has 2 unspecified atom stereocenters. The third-order valence-corrected chi connectivity index (χ3v) is 7.12. The maximum atomic E-state index is 9.14. The van der Waals surface area contributed by atoms with Crippen molar-refractivity contribution in [3.8, 4) is 5.75 Å². The molecule has 0 saturated heterocycles. The molecule has 0 amide bonds. The summed E-state index contributed by atoms with van der Waals surface area (Å²) in [4.78, 5) is 13.4. The number of aliphatic hydroxyl groups is 1. The van der Waals surface area contributed by atoms with Crippen molar-refractivity contribution in [1.82, 2.24) is 14.9 Å². The molecule has 1 aromatic carbocycles. The van der Waals surface area contributed by atoms with E-state index in [1.54, 1.807) is 18.9 Å². The number of aliphatic imine (C=N–C) groups is 1. The number of fused-ring (bicyclic) bond motifs is 1. The van der Waals surface area contributed by atoms with Gasteiger partial charge < -0.3 is 34.8 Å². The first-order valence-corrected chi connectivity index (χ1v) is 12.5. The normalized spacial score (nSPS) is 16.7. The highest BCUT2D eigenvalue weighted by atomic mass is 32.2. The Hall–Kier alpha value is -2.37. The van der Waals surface area contributed by atoms with Crippen molar-refractivity contribution >= 4 is 45.6 Å². The molecule has 182 valence electrons. The zero-order chi connectivity index (χ0) is 24.1. The van der Waals surface area contributed by atoms with Crippen LogP contribution in [0.25, 0.3) is 10.9 Å². The highest BCUT2D eigenvalue weighted by Crippen LogP contribution is 2.34. The molecular formula is C24H31N5O3S2. The number of hydrogen-bond donors (Lipinski definition) is 4. The van der Waals surface area contributed by atoms with E-state index in [9.17, 15) is 0 Å². The second-order valence-electron chi connectivity index (χ2n) is 8.29. The van der Waals surface area contributed by atoms with E-state index in [1.165, 1.54) is 0 Å². The van der Waals surface area contributed by atoms with Gasteiger partial charge in [0.25, 0.3) is 0 Å². The number of thioether (sulfide) groups is 1. The molecule has 1 aliphatic heterocycles. The van der Waals surface area contributed by atoms with Gasteiger partial charge in [0.1, 0.15) is 21.5 Å². The lowest BCUT2D eigenvalue weighted by atomic mass is 10.1. The first-order chi connectivity index (χ1) is 16.5. The minimum Gasteiger partial charge on any atom is -0.483 e. The Morgan fingerprint density at radius 2 is 2.21 bits per heavy atom. The summed E-state index contributed by atoms with van der Waals surface area (Å²) in [5, 5.41) is 14.9. The van der Waals surface area contributed by atoms with Gasteiger partial charge in [-0.1, -0.05) is 24.0 Å². The number of methoxy groups -OCH3 is 1. The summed E-state index contributed by atoms with van der Waals surface area (Å²) in [5.41, 5.74) is 3.92. The zero-order valence-electron chi connectivity index (χ0n) is 19.6. The Balaban J connectivity index is 1.56. The number of anilines is 1. The number of H-pyrrole nitrogens is 2. The van der Waals surface area contributed by atoms with E-state index in [0.717, 1.165) is 51.7 Å². The predicted octanol–water partition coefficient (Wildman–Crippen LogP) is 3.82. The number of nitrogens with one attached hydrogen (secondary N) is 3. The Morgan fingerprint density at radius 3 is 2.94 bits per heavy atom. The van der Waals surface area contributed by atoms with Crippen molar-refractivity contribution < 1.29 is 14.6 Å². The molecule has 0 fully saturated rings. The molecule has 0 aliphatic carbocycles. The number of benzene rings is 1. The number of pyridine rings is 1. The molecule has 4 rings (SSSR count). The fourth-order valence-corrected chi connectivity index (χ4v) is 5.43. The van der Waals surface area contributed by atoms with Crippen LogP contribution in [0.2, 0.25) is 0 Å². The standard InChI is InChI=1S/C24H31N5O3S2/c1-25-19-11-17(32-21(14-31-3)15-4-5-26-22(33)10-15)8-16-9-20(28-23(16)19)24-27-12-18(34-24)13-29(2)6-7-30/h4-5,8-11,18,21,25,28,30H,6-7,12-14H2,1-3H3,(H,26,33). The monoisotopic (exact) mass is 501 g/mol. The van der Waals surface area contributed by atoms with E-state index in [2.05, 4.69) is 26.3 Å². The topological polar surface area (TPSA) is 97.9 Å². The minimum atomic E-state index is -0.284. The van der Waals surface area contributed by atoms with Gasteiger partial charge in [0.05, 0.1) is 36.7 Å². The van der Waals surface area contributed by atoms with E-state index >= 15 is 0 Å². The van der Waals surface area contributed by atoms with Crippen LogP contribution < -0.4 is 10.1 Å². The van der Waals surface area contributed by atoms with Crippen LogP contribution in [0.1, 0.15) is 17.4 Å². The number of nitrogens with zero attached hydrogens (tertiary/aromatic N) is 2. The number of rotatable bonds is 11. The number of ether oxygens (including phenoxy) is 2. The largest absolute Gasteiger partial charge is 0.483 e. The van der Waals surface area contributed by atoms with Gasteiger partial charge in [0, 0.05) is 50.1 Å². The van der Waals surface area contributed by atoms with Crippen molar-refractivity contribution in [2.45, 2.75) is 11.4 Å². The Kier molecular flexibility index (Phi) is 8.28. The summed E-state index contributed by atoms with van der Waals surface area (Å²) >= 11 is 7.06. The van der Waals surface area contributed by atoms with Crippen LogP contribution in [-0.2, 0) is 4.74 Å². The minimum absolute atomic E-state index is 0.170. The van der Waals surface area contributed by atoms with Crippen molar-refractivity contribution in [3.05, 3.63) is 52.4 Å². The van der Waals surface area contributed by atoms with Crippen molar-refractivity contribution in [1.29, 1.82) is 0 Å². The number of aliphatic hydroxyl groups excluding tert-OH is 1. The summed E-state index contributed by atoms with van der Waals surface area (Å²) in [5.74, 6) is 0.743. The van der Waals surface area contributed by atoms with Gasteiger partial charge >= 0.3 is 0 Å². The van der Waals surface area contributed by atoms with E-state index < -0.39 is 0 Å². The van der Waals surface area contributed by atoms with Crippen LogP contribution in [0, 0.1) is 4.64 Å². The maximum Gasteiger partial charge on any atom is 0.147 e. The molecule has 34 heavy (non-hydrogen) atoms. The fraction of sp³-hybridized carbons (Fsp3) is 0.417. The van der Waals surface area contributed by atoms with E-state index in [-0.39, 0.29) is 12.7 Å². The lowest BCUT2D eigenvalue weighted by Gasteiger charge is -2.19. The Bertz CT molecular complexity index is 1210. The van der Waals surface area contributed by atoms with Gasteiger partial charge in [-0.15, -0.1) is 0 Å². The lowest BCUT2D eigenvalue weighted by Crippen LogP contribution is -2.30. The molecule has 4 N–H and O–H groups in total. The summed E-state index contributed by atoms with van der Waals surface area (Å²) in [6.45, 7) is 2.91. The van der Waals surface area contributed by atoms with Crippen LogP contribution in [0.4, 0.5) is 5.69 Å². The lowest BCUT2D eigenvalue weighted by molar-refractivity contribution is 0.0810. The molecule has 8 nitrogen and oxygen atoms in total. The highest BCUT2D eigenvalue weighted by Gasteiger charge is 2.24. The Morgan fingerprint density at radius 1 is 1.35 bits per heavy atom. The molecule has 0 spiro atoms. The van der Waals surface area contributed by atoms with Gasteiger partial charge in [-0.3, -0.25) is 4.99 Å². The molecule has 3 heterocycles. The predicted molar refractivity (Wildman–Crippen MR) is 142 cm³/mol. The molecule has 2 atom stereocenters. The molecule has 0 saturated carbocycles. The second kappa shape index (κ2) is 11.4. The van der Waals surface area contributed by atoms with Crippen molar-refractivity contribution in [3.63, 3.8) is 0 Å². The SMILES string of the molecule is CNc1cc(OC(COC)c2cc[nH]c(=S)c2)cc2cc(C3=NCC(CN(C)CCO)S3)[nH]c12. The van der Waals surface area contributed by atoms with Crippen LogP contribution in [-0.4, -0.2) is 84.3 Å². The average Bonchev–Trinajstić information content (AvgIpc) is 3.45. The molecule has 1 aliphatic rings. The molecule has 2 aromatic heterocycles. The highest BCUT2D eigenvalue weighted by molar-refractivity contribution is 8.15. The number of aromatic amines is 2. The van der Waals surface area contributed by atoms with Gasteiger partial charge in [-0.25, -0.2) is 0 Å². The van der Waals surface area contributed by atoms with Crippen LogP contribution in [0.15, 0.2) is 41.5 Å². The Labute approximate surface area is 208 Å². The summed E-state index contributed by atoms with van der Waals surface area (Å²) in [6.07, 6.45) is 1.53. The smallest absolute Gasteiger partial charge is 0.147 e. The third-order valence-electron chi connectivity index (χ3n) is 5.68. The van der Waals surface area contributed by atoms with Crippen molar-refractivity contribution in [2.75, 3.05) is 59.4 Å². The van der Waals surface area contributed by atoms with Gasteiger partial charge in [0.2, 0.25) is 0 Å². The third kappa shape index (κ3) is 5.81. The number of hydrogen-bond acceptors (Lipinski definition) is 8. The molecule has 10 heteroatoms. The van der Waals surface area contributed by atoms with E-state index in [1.807, 2.05) is 44.6 Å². The number of aromatic nitrogens is 2. The summed E-state index contributed by atoms with van der Waals surface area (Å²) in [7, 11) is 5.59. The fourth-order valence-electron chi connectivity index (χ4n) is 4.04. The quantitative estimate of drug-likeness (QED) is 0.297. The second-order valence-corrected chi connectivity index (χ2v) is 10.0. The van der Waals surface area contributed by atoms with E-state index in [4.69, 9.17) is 31.8 Å². The molecule has 3 aromatic rings. The summed E-state index contributed by atoms with van der Waals surface area (Å²) < 4.78 is 12.4. The van der Waals surface area contributed by atoms with Gasteiger partial charge in [-0.05, 0) is 36.9 Å². The van der Waals surface area contributed by atoms with Crippen LogP contribution in [0.3, 0.4) is 0 Å². The molecule has 0 bridgehead atoms. The first-order valence-electron chi connectivity index (χ1n) is 11.2. The van der Waals surface area contributed by atoms with Crippen LogP contribution >= 0.6 is 24.0 Å². The van der Waals surface area contributed by atoms with Gasteiger partial charge in [0.15, 0.2) is 0 Å². The van der Waals surface area contributed by atoms with E-state index in [0.29, 0.717) is 23.0 Å².